The van der Waals surface area contributed by atoms with E-state index < -0.39 is 0 Å². The van der Waals surface area contributed by atoms with Crippen LogP contribution in [-0.2, 0) is 4.79 Å². The Morgan fingerprint density at radius 3 is 2.74 bits per heavy atom. The van der Waals surface area contributed by atoms with Crippen LogP contribution in [0.1, 0.15) is 90.9 Å². The summed E-state index contributed by atoms with van der Waals surface area (Å²) in [4.78, 5) is 11.1. The van der Waals surface area contributed by atoms with E-state index in [1.165, 1.54) is 68.9 Å². The third-order valence-corrected chi connectivity index (χ3v) is 7.93. The molecule has 2 heteroatoms. The molecule has 2 N–H and O–H groups in total. The Morgan fingerprint density at radius 1 is 1.22 bits per heavy atom. The molecule has 150 valence electrons. The maximum atomic E-state index is 11.1. The van der Waals surface area contributed by atoms with Gasteiger partial charge in [-0.15, -0.1) is 0 Å². The van der Waals surface area contributed by atoms with E-state index in [4.69, 9.17) is 5.73 Å². The summed E-state index contributed by atoms with van der Waals surface area (Å²) >= 11 is 0. The van der Waals surface area contributed by atoms with Crippen molar-refractivity contribution in [3.63, 3.8) is 0 Å². The third kappa shape index (κ3) is 4.58. The van der Waals surface area contributed by atoms with Crippen molar-refractivity contribution >= 4 is 5.91 Å². The van der Waals surface area contributed by atoms with Crippen LogP contribution in [-0.4, -0.2) is 5.91 Å². The Bertz CT molecular complexity index is 628. The molecule has 1 amide bonds. The first kappa shape index (κ1) is 20.4. The molecule has 3 aliphatic rings. The van der Waals surface area contributed by atoms with Crippen molar-refractivity contribution < 1.29 is 4.79 Å². The van der Waals surface area contributed by atoms with Crippen LogP contribution in [0.15, 0.2) is 35.5 Å². The smallest absolute Gasteiger partial charge is 0.217 e. The number of allylic oxidation sites excluding steroid dienone is 5. The number of primary amides is 1. The zero-order chi connectivity index (χ0) is 19.4. The number of nitrogens with two attached hydrogens (primary N) is 1. The van der Waals surface area contributed by atoms with Crippen LogP contribution in [0, 0.1) is 23.2 Å². The molecule has 0 aliphatic heterocycles. The molecule has 4 atom stereocenters. The van der Waals surface area contributed by atoms with E-state index in [1.54, 1.807) is 5.57 Å². The quantitative estimate of drug-likeness (QED) is 0.572. The Morgan fingerprint density at radius 2 is 2.00 bits per heavy atom. The SMILES string of the molecule is C=C1CCCC/C1=C/C=C1\CCC[C@]2(C)[C@@H]([C@H](C)CCCC(N)=O)CC[C@@H]12. The second-order valence-electron chi connectivity index (χ2n) is 9.68. The van der Waals surface area contributed by atoms with E-state index in [9.17, 15) is 4.79 Å². The number of carbonyl (C=O) groups excluding carboxylic acids is 1. The minimum Gasteiger partial charge on any atom is -0.370 e. The van der Waals surface area contributed by atoms with Gasteiger partial charge in [0.2, 0.25) is 5.91 Å². The number of rotatable bonds is 6. The highest BCUT2D eigenvalue weighted by atomic mass is 16.1. The zero-order valence-corrected chi connectivity index (χ0v) is 17.6. The number of carbonyl (C=O) groups is 1. The van der Waals surface area contributed by atoms with Gasteiger partial charge < -0.3 is 5.73 Å². The molecule has 0 aromatic carbocycles. The second-order valence-corrected chi connectivity index (χ2v) is 9.68. The highest BCUT2D eigenvalue weighted by Gasteiger charge is 2.50. The van der Waals surface area contributed by atoms with Crippen molar-refractivity contribution in [3.05, 3.63) is 35.5 Å². The lowest BCUT2D eigenvalue weighted by Crippen LogP contribution is -2.36. The minimum absolute atomic E-state index is 0.155. The average Bonchev–Trinajstić information content (AvgIpc) is 2.98. The van der Waals surface area contributed by atoms with Crippen LogP contribution < -0.4 is 5.73 Å². The van der Waals surface area contributed by atoms with Gasteiger partial charge in [-0.3, -0.25) is 4.79 Å². The van der Waals surface area contributed by atoms with E-state index >= 15 is 0 Å². The number of fused-ring (bicyclic) bond motifs is 1. The van der Waals surface area contributed by atoms with Gasteiger partial charge in [0.25, 0.3) is 0 Å². The van der Waals surface area contributed by atoms with Crippen molar-refractivity contribution in [1.82, 2.24) is 0 Å². The molecule has 0 saturated heterocycles. The van der Waals surface area contributed by atoms with Gasteiger partial charge in [0.1, 0.15) is 0 Å². The fourth-order valence-electron chi connectivity index (χ4n) is 6.41. The summed E-state index contributed by atoms with van der Waals surface area (Å²) in [5, 5.41) is 0. The Kier molecular flexibility index (Phi) is 6.65. The van der Waals surface area contributed by atoms with Crippen LogP contribution in [0.2, 0.25) is 0 Å². The topological polar surface area (TPSA) is 43.1 Å². The molecular formula is C25H39NO. The van der Waals surface area contributed by atoms with E-state index in [1.807, 2.05) is 0 Å². The maximum Gasteiger partial charge on any atom is 0.217 e. The molecule has 2 nitrogen and oxygen atoms in total. The first-order chi connectivity index (χ1) is 12.9. The summed E-state index contributed by atoms with van der Waals surface area (Å²) in [6.07, 6.45) is 19.2. The minimum atomic E-state index is -0.155. The Labute approximate surface area is 166 Å². The summed E-state index contributed by atoms with van der Waals surface area (Å²) in [6, 6.07) is 0. The fourth-order valence-corrected chi connectivity index (χ4v) is 6.41. The van der Waals surface area contributed by atoms with Gasteiger partial charge >= 0.3 is 0 Å². The van der Waals surface area contributed by atoms with Gasteiger partial charge in [-0.05, 0) is 99.4 Å². The molecule has 0 radical (unpaired) electrons. The molecule has 0 unspecified atom stereocenters. The molecule has 3 fully saturated rings. The fraction of sp³-hybridized carbons (Fsp3) is 0.720. The Balaban J connectivity index is 1.69. The predicted molar refractivity (Wildman–Crippen MR) is 114 cm³/mol. The van der Waals surface area contributed by atoms with Crippen molar-refractivity contribution in [2.24, 2.45) is 28.9 Å². The van der Waals surface area contributed by atoms with Gasteiger partial charge in [0.15, 0.2) is 0 Å². The predicted octanol–water partition coefficient (Wildman–Crippen LogP) is 6.48. The Hall–Kier alpha value is -1.31. The summed E-state index contributed by atoms with van der Waals surface area (Å²) in [7, 11) is 0. The van der Waals surface area contributed by atoms with Gasteiger partial charge in [-0.2, -0.15) is 0 Å². The average molecular weight is 370 g/mol. The van der Waals surface area contributed by atoms with Gasteiger partial charge in [0, 0.05) is 6.42 Å². The lowest BCUT2D eigenvalue weighted by Gasteiger charge is -2.44. The first-order valence-electron chi connectivity index (χ1n) is 11.3. The van der Waals surface area contributed by atoms with Gasteiger partial charge in [-0.1, -0.05) is 43.7 Å². The first-order valence-corrected chi connectivity index (χ1v) is 11.3. The largest absolute Gasteiger partial charge is 0.370 e. The molecule has 0 bridgehead atoms. The van der Waals surface area contributed by atoms with Crippen LogP contribution in [0.4, 0.5) is 0 Å². The van der Waals surface area contributed by atoms with E-state index in [0.717, 1.165) is 24.7 Å². The lowest BCUT2D eigenvalue weighted by atomic mass is 9.60. The summed E-state index contributed by atoms with van der Waals surface area (Å²) in [5.41, 5.74) is 10.3. The van der Waals surface area contributed by atoms with Crippen molar-refractivity contribution in [1.29, 1.82) is 0 Å². The van der Waals surface area contributed by atoms with Crippen LogP contribution >= 0.6 is 0 Å². The van der Waals surface area contributed by atoms with Crippen LogP contribution in [0.5, 0.6) is 0 Å². The van der Waals surface area contributed by atoms with Gasteiger partial charge in [0.05, 0.1) is 0 Å². The number of hydrogen-bond donors (Lipinski definition) is 1. The van der Waals surface area contributed by atoms with Gasteiger partial charge in [-0.25, -0.2) is 0 Å². The van der Waals surface area contributed by atoms with Crippen molar-refractivity contribution in [2.45, 2.75) is 90.9 Å². The maximum absolute atomic E-state index is 11.1. The number of hydrogen-bond acceptors (Lipinski definition) is 1. The molecule has 0 spiro atoms. The second kappa shape index (κ2) is 8.80. The summed E-state index contributed by atoms with van der Waals surface area (Å²) in [6.45, 7) is 9.25. The third-order valence-electron chi connectivity index (χ3n) is 7.93. The van der Waals surface area contributed by atoms with Crippen LogP contribution in [0.3, 0.4) is 0 Å². The van der Waals surface area contributed by atoms with E-state index in [-0.39, 0.29) is 5.91 Å². The van der Waals surface area contributed by atoms with Crippen LogP contribution in [0.25, 0.3) is 0 Å². The molecular weight excluding hydrogens is 330 g/mol. The molecule has 3 saturated carbocycles. The molecule has 27 heavy (non-hydrogen) atoms. The highest BCUT2D eigenvalue weighted by Crippen LogP contribution is 2.59. The molecule has 3 rings (SSSR count). The lowest BCUT2D eigenvalue weighted by molar-refractivity contribution is -0.118. The molecule has 0 heterocycles. The molecule has 3 aliphatic carbocycles. The normalized spacial score (nSPS) is 35.4. The molecule has 0 aromatic heterocycles. The summed E-state index contributed by atoms with van der Waals surface area (Å²) < 4.78 is 0. The van der Waals surface area contributed by atoms with Crippen molar-refractivity contribution in [2.75, 3.05) is 0 Å². The monoisotopic (exact) mass is 369 g/mol. The zero-order valence-electron chi connectivity index (χ0n) is 17.6. The number of amides is 1. The van der Waals surface area contributed by atoms with Crippen molar-refractivity contribution in [3.8, 4) is 0 Å². The standard InChI is InChI=1S/C25H39NO/c1-18-8-4-5-10-20(18)13-14-21-11-7-17-25(3)22(15-16-23(21)25)19(2)9-6-12-24(26)27/h13-14,19,22-23H,1,4-12,15-17H2,2-3H3,(H2,26,27)/b20-13-,21-14+/t19-,22-,23+,25-/m1/s1. The molecule has 0 aromatic rings. The summed E-state index contributed by atoms with van der Waals surface area (Å²) in [5.74, 6) is 2.08. The van der Waals surface area contributed by atoms with E-state index in [0.29, 0.717) is 17.8 Å². The van der Waals surface area contributed by atoms with E-state index in [2.05, 4.69) is 32.6 Å². The highest BCUT2D eigenvalue weighted by molar-refractivity contribution is 5.73.